The number of nitrogens with one attached hydrogen (secondary N) is 1. The Balaban J connectivity index is 2.74. The second-order valence-corrected chi connectivity index (χ2v) is 4.46. The zero-order valence-electron chi connectivity index (χ0n) is 11.3. The monoisotopic (exact) mass is 233 g/mol. The molecule has 17 heavy (non-hydrogen) atoms. The Bertz CT molecular complexity index is 367. The Kier molecular flexibility index (Phi) is 5.78. The molecule has 1 N–H and O–H groups in total. The molecule has 0 saturated carbocycles. The lowest BCUT2D eigenvalue weighted by molar-refractivity contribution is 0.414. The molecule has 0 heterocycles. The van der Waals surface area contributed by atoms with E-state index in [1.807, 2.05) is 12.1 Å². The second kappa shape index (κ2) is 7.13. The van der Waals surface area contributed by atoms with Gasteiger partial charge >= 0.3 is 0 Å². The highest BCUT2D eigenvalue weighted by Crippen LogP contribution is 2.14. The molecule has 1 aromatic carbocycles. The van der Waals surface area contributed by atoms with Crippen molar-refractivity contribution in [1.82, 2.24) is 5.32 Å². The van der Waals surface area contributed by atoms with Crippen LogP contribution < -0.4 is 10.1 Å². The topological polar surface area (TPSA) is 21.3 Å². The number of hydrogen-bond acceptors (Lipinski definition) is 2. The SMILES string of the molecule is CCNC(C=C(C)C)Cc1cccc(OC)c1. The molecule has 0 radical (unpaired) electrons. The minimum atomic E-state index is 0.400. The van der Waals surface area contributed by atoms with Crippen molar-refractivity contribution in [3.05, 3.63) is 41.5 Å². The third-order valence-corrected chi connectivity index (χ3v) is 2.59. The molecule has 0 aliphatic carbocycles. The molecule has 1 rings (SSSR count). The van der Waals surface area contributed by atoms with Gasteiger partial charge < -0.3 is 10.1 Å². The third-order valence-electron chi connectivity index (χ3n) is 2.59. The van der Waals surface area contributed by atoms with Crippen LogP contribution in [-0.2, 0) is 6.42 Å². The normalized spacial score (nSPS) is 12.0. The zero-order valence-corrected chi connectivity index (χ0v) is 11.3. The van der Waals surface area contributed by atoms with Crippen molar-refractivity contribution in [2.24, 2.45) is 0 Å². The van der Waals surface area contributed by atoms with Crippen molar-refractivity contribution < 1.29 is 4.74 Å². The highest BCUT2D eigenvalue weighted by atomic mass is 16.5. The van der Waals surface area contributed by atoms with E-state index in [2.05, 4.69) is 44.3 Å². The molecule has 0 spiro atoms. The van der Waals surface area contributed by atoms with Gasteiger partial charge in [-0.1, -0.05) is 30.7 Å². The number of allylic oxidation sites excluding steroid dienone is 1. The third kappa shape index (κ3) is 5.05. The van der Waals surface area contributed by atoms with Gasteiger partial charge in [-0.05, 0) is 44.5 Å². The largest absolute Gasteiger partial charge is 0.497 e. The molecular weight excluding hydrogens is 210 g/mol. The first-order chi connectivity index (χ1) is 8.15. The maximum Gasteiger partial charge on any atom is 0.119 e. The molecule has 1 unspecified atom stereocenters. The van der Waals surface area contributed by atoms with E-state index in [1.165, 1.54) is 11.1 Å². The van der Waals surface area contributed by atoms with Crippen molar-refractivity contribution in [2.75, 3.05) is 13.7 Å². The highest BCUT2D eigenvalue weighted by molar-refractivity contribution is 5.29. The van der Waals surface area contributed by atoms with E-state index in [-0.39, 0.29) is 0 Å². The van der Waals surface area contributed by atoms with Crippen LogP contribution in [0, 0.1) is 0 Å². The van der Waals surface area contributed by atoms with E-state index in [1.54, 1.807) is 7.11 Å². The molecule has 0 aliphatic rings. The molecule has 0 aromatic heterocycles. The van der Waals surface area contributed by atoms with E-state index in [4.69, 9.17) is 4.74 Å². The Morgan fingerprint density at radius 2 is 2.18 bits per heavy atom. The van der Waals surface area contributed by atoms with Crippen LogP contribution in [0.25, 0.3) is 0 Å². The average Bonchev–Trinajstić information content (AvgIpc) is 2.29. The van der Waals surface area contributed by atoms with Gasteiger partial charge in [0.1, 0.15) is 5.75 Å². The van der Waals surface area contributed by atoms with E-state index in [0.717, 1.165) is 18.7 Å². The van der Waals surface area contributed by atoms with Gasteiger partial charge in [-0.2, -0.15) is 0 Å². The molecule has 1 atom stereocenters. The average molecular weight is 233 g/mol. The fourth-order valence-electron chi connectivity index (χ4n) is 1.91. The predicted octanol–water partition coefficient (Wildman–Crippen LogP) is 3.18. The maximum absolute atomic E-state index is 5.24. The Morgan fingerprint density at radius 1 is 1.41 bits per heavy atom. The molecule has 2 nitrogen and oxygen atoms in total. The van der Waals surface area contributed by atoms with Crippen LogP contribution in [0.5, 0.6) is 5.75 Å². The summed E-state index contributed by atoms with van der Waals surface area (Å²) in [5.41, 5.74) is 2.65. The molecule has 0 bridgehead atoms. The summed E-state index contributed by atoms with van der Waals surface area (Å²) < 4.78 is 5.24. The quantitative estimate of drug-likeness (QED) is 0.762. The van der Waals surface area contributed by atoms with E-state index >= 15 is 0 Å². The van der Waals surface area contributed by atoms with Crippen molar-refractivity contribution >= 4 is 0 Å². The fraction of sp³-hybridized carbons (Fsp3) is 0.467. The molecular formula is C15H23NO. The van der Waals surface area contributed by atoms with Crippen molar-refractivity contribution in [1.29, 1.82) is 0 Å². The number of likely N-dealkylation sites (N-methyl/N-ethyl adjacent to an activating group) is 1. The van der Waals surface area contributed by atoms with Crippen LogP contribution in [0.15, 0.2) is 35.9 Å². The summed E-state index contributed by atoms with van der Waals surface area (Å²) in [5, 5.41) is 3.48. The predicted molar refractivity (Wildman–Crippen MR) is 73.6 cm³/mol. The van der Waals surface area contributed by atoms with Gasteiger partial charge in [0.2, 0.25) is 0 Å². The Hall–Kier alpha value is -1.28. The lowest BCUT2D eigenvalue weighted by Gasteiger charge is -2.15. The molecule has 2 heteroatoms. The number of hydrogen-bond donors (Lipinski definition) is 1. The van der Waals surface area contributed by atoms with Gasteiger partial charge in [-0.3, -0.25) is 0 Å². The van der Waals surface area contributed by atoms with Crippen LogP contribution in [0.2, 0.25) is 0 Å². The van der Waals surface area contributed by atoms with Gasteiger partial charge in [0.25, 0.3) is 0 Å². The molecule has 94 valence electrons. The minimum Gasteiger partial charge on any atom is -0.497 e. The van der Waals surface area contributed by atoms with Gasteiger partial charge in [-0.25, -0.2) is 0 Å². The standard InChI is InChI=1S/C15H23NO/c1-5-16-14(9-12(2)3)10-13-7-6-8-15(11-13)17-4/h6-9,11,14,16H,5,10H2,1-4H3. The Labute approximate surface area is 105 Å². The minimum absolute atomic E-state index is 0.400. The van der Waals surface area contributed by atoms with E-state index in [9.17, 15) is 0 Å². The summed E-state index contributed by atoms with van der Waals surface area (Å²) in [6.45, 7) is 7.39. The molecule has 0 fully saturated rings. The summed E-state index contributed by atoms with van der Waals surface area (Å²) in [5.74, 6) is 0.926. The maximum atomic E-state index is 5.24. The highest BCUT2D eigenvalue weighted by Gasteiger charge is 2.05. The van der Waals surface area contributed by atoms with Gasteiger partial charge in [-0.15, -0.1) is 0 Å². The molecule has 0 saturated heterocycles. The van der Waals surface area contributed by atoms with Crippen LogP contribution in [0.4, 0.5) is 0 Å². The number of methoxy groups -OCH3 is 1. The van der Waals surface area contributed by atoms with Gasteiger partial charge in [0, 0.05) is 6.04 Å². The summed E-state index contributed by atoms with van der Waals surface area (Å²) in [6.07, 6.45) is 3.28. The number of ether oxygens (including phenoxy) is 1. The zero-order chi connectivity index (χ0) is 12.7. The Morgan fingerprint density at radius 3 is 2.76 bits per heavy atom. The van der Waals surface area contributed by atoms with Crippen LogP contribution in [0.1, 0.15) is 26.3 Å². The van der Waals surface area contributed by atoms with Gasteiger partial charge in [0.05, 0.1) is 7.11 Å². The van der Waals surface area contributed by atoms with Crippen LogP contribution >= 0.6 is 0 Å². The number of rotatable bonds is 6. The molecule has 0 amide bonds. The van der Waals surface area contributed by atoms with Crippen molar-refractivity contribution in [2.45, 2.75) is 33.2 Å². The van der Waals surface area contributed by atoms with Crippen LogP contribution in [0.3, 0.4) is 0 Å². The first-order valence-electron chi connectivity index (χ1n) is 6.17. The fourth-order valence-corrected chi connectivity index (χ4v) is 1.91. The van der Waals surface area contributed by atoms with Crippen molar-refractivity contribution in [3.8, 4) is 5.75 Å². The first kappa shape index (κ1) is 13.8. The summed E-state index contributed by atoms with van der Waals surface area (Å²) >= 11 is 0. The van der Waals surface area contributed by atoms with Crippen molar-refractivity contribution in [3.63, 3.8) is 0 Å². The summed E-state index contributed by atoms with van der Waals surface area (Å²) in [4.78, 5) is 0. The summed E-state index contributed by atoms with van der Waals surface area (Å²) in [6, 6.07) is 8.67. The van der Waals surface area contributed by atoms with E-state index in [0.29, 0.717) is 6.04 Å². The summed E-state index contributed by atoms with van der Waals surface area (Å²) in [7, 11) is 1.71. The second-order valence-electron chi connectivity index (χ2n) is 4.46. The van der Waals surface area contributed by atoms with Gasteiger partial charge in [0.15, 0.2) is 0 Å². The smallest absolute Gasteiger partial charge is 0.119 e. The lowest BCUT2D eigenvalue weighted by Crippen LogP contribution is -2.29. The van der Waals surface area contributed by atoms with E-state index < -0.39 is 0 Å². The van der Waals surface area contributed by atoms with Crippen LogP contribution in [-0.4, -0.2) is 19.7 Å². The first-order valence-corrected chi connectivity index (χ1v) is 6.17. The molecule has 1 aromatic rings. The lowest BCUT2D eigenvalue weighted by atomic mass is 10.0. The molecule has 0 aliphatic heterocycles. The number of benzene rings is 1.